The monoisotopic (exact) mass is 168 g/mol. The highest BCUT2D eigenvalue weighted by atomic mass is 19.1. The van der Waals surface area contributed by atoms with Crippen molar-refractivity contribution in [3.05, 3.63) is 29.8 Å². The van der Waals surface area contributed by atoms with Crippen LogP contribution in [0.5, 0.6) is 0 Å². The lowest BCUT2D eigenvalue weighted by molar-refractivity contribution is 0.537. The Labute approximate surface area is 71.8 Å². The fraction of sp³-hybridized carbons (Fsp3) is 0.444. The van der Waals surface area contributed by atoms with Crippen molar-refractivity contribution >= 4 is 0 Å². The van der Waals surface area contributed by atoms with Crippen LogP contribution in [0.4, 0.5) is 4.39 Å². The molecule has 0 saturated heterocycles. The van der Waals surface area contributed by atoms with Crippen molar-refractivity contribution in [1.82, 2.24) is 10.3 Å². The predicted molar refractivity (Wildman–Crippen MR) is 46.3 cm³/mol. The quantitative estimate of drug-likeness (QED) is 0.745. The maximum atomic E-state index is 13.1. The summed E-state index contributed by atoms with van der Waals surface area (Å²) in [5.41, 5.74) is 0.673. The molecule has 0 saturated carbocycles. The first-order chi connectivity index (χ1) is 5.75. The van der Waals surface area contributed by atoms with Gasteiger partial charge in [0.1, 0.15) is 5.82 Å². The zero-order valence-electron chi connectivity index (χ0n) is 7.34. The Bertz CT molecular complexity index is 250. The molecule has 3 heteroatoms. The molecule has 1 aromatic heterocycles. The smallest absolute Gasteiger partial charge is 0.146 e. The van der Waals surface area contributed by atoms with Crippen LogP contribution in [0.3, 0.4) is 0 Å². The number of halogens is 1. The predicted octanol–water partition coefficient (Wildman–Crippen LogP) is 1.89. The normalized spacial score (nSPS) is 12.9. The second kappa shape index (κ2) is 4.16. The molecule has 66 valence electrons. The van der Waals surface area contributed by atoms with Crippen LogP contribution >= 0.6 is 0 Å². The number of hydrogen-bond donors (Lipinski definition) is 1. The van der Waals surface area contributed by atoms with Gasteiger partial charge in [0, 0.05) is 17.8 Å². The standard InChI is InChI=1S/C9H13FN2/c1-3-12-7(2)8-4-5-11-6-9(8)10/h4-7,12H,3H2,1-2H3. The largest absolute Gasteiger partial charge is 0.310 e. The number of nitrogens with zero attached hydrogens (tertiary/aromatic N) is 1. The van der Waals surface area contributed by atoms with Crippen LogP contribution in [0.15, 0.2) is 18.5 Å². The summed E-state index contributed by atoms with van der Waals surface area (Å²) in [4.78, 5) is 3.68. The molecular weight excluding hydrogens is 155 g/mol. The molecule has 12 heavy (non-hydrogen) atoms. The second-order valence-corrected chi connectivity index (χ2v) is 2.68. The summed E-state index contributed by atoms with van der Waals surface area (Å²) < 4.78 is 13.1. The third-order valence-corrected chi connectivity index (χ3v) is 1.78. The second-order valence-electron chi connectivity index (χ2n) is 2.68. The van der Waals surface area contributed by atoms with E-state index in [9.17, 15) is 4.39 Å². The summed E-state index contributed by atoms with van der Waals surface area (Å²) in [7, 11) is 0. The number of rotatable bonds is 3. The van der Waals surface area contributed by atoms with E-state index in [4.69, 9.17) is 0 Å². The molecule has 1 heterocycles. The lowest BCUT2D eigenvalue weighted by atomic mass is 10.1. The summed E-state index contributed by atoms with van der Waals surface area (Å²) in [5.74, 6) is -0.244. The molecule has 0 radical (unpaired) electrons. The van der Waals surface area contributed by atoms with Crippen LogP contribution in [0.1, 0.15) is 25.5 Å². The van der Waals surface area contributed by atoms with Gasteiger partial charge in [-0.25, -0.2) is 4.39 Å². The lowest BCUT2D eigenvalue weighted by Crippen LogP contribution is -2.18. The SMILES string of the molecule is CCNC(C)c1ccncc1F. The molecular formula is C9H13FN2. The van der Waals surface area contributed by atoms with Gasteiger partial charge in [-0.05, 0) is 19.5 Å². The number of nitrogens with one attached hydrogen (secondary N) is 1. The minimum Gasteiger partial charge on any atom is -0.310 e. The minimum atomic E-state index is -0.244. The van der Waals surface area contributed by atoms with Crippen LogP contribution in [-0.4, -0.2) is 11.5 Å². The van der Waals surface area contributed by atoms with E-state index in [1.54, 1.807) is 12.3 Å². The Morgan fingerprint density at radius 2 is 2.42 bits per heavy atom. The van der Waals surface area contributed by atoms with Crippen LogP contribution in [0, 0.1) is 5.82 Å². The van der Waals surface area contributed by atoms with Crippen molar-refractivity contribution < 1.29 is 4.39 Å². The van der Waals surface area contributed by atoms with Gasteiger partial charge in [0.15, 0.2) is 0 Å². The molecule has 0 bridgehead atoms. The topological polar surface area (TPSA) is 24.9 Å². The molecule has 0 amide bonds. The first-order valence-electron chi connectivity index (χ1n) is 4.08. The molecule has 0 aliphatic heterocycles. The van der Waals surface area contributed by atoms with E-state index in [1.165, 1.54) is 6.20 Å². The van der Waals surface area contributed by atoms with E-state index in [0.717, 1.165) is 6.54 Å². The maximum Gasteiger partial charge on any atom is 0.146 e. The van der Waals surface area contributed by atoms with Gasteiger partial charge in [0.25, 0.3) is 0 Å². The summed E-state index contributed by atoms with van der Waals surface area (Å²) in [5, 5.41) is 3.13. The molecule has 0 aliphatic carbocycles. The van der Waals surface area contributed by atoms with E-state index < -0.39 is 0 Å². The van der Waals surface area contributed by atoms with Gasteiger partial charge in [-0.1, -0.05) is 6.92 Å². The van der Waals surface area contributed by atoms with Crippen molar-refractivity contribution in [1.29, 1.82) is 0 Å². The van der Waals surface area contributed by atoms with Gasteiger partial charge in [0.2, 0.25) is 0 Å². The molecule has 0 spiro atoms. The minimum absolute atomic E-state index is 0.0537. The molecule has 2 nitrogen and oxygen atoms in total. The molecule has 1 atom stereocenters. The third kappa shape index (κ3) is 2.01. The average molecular weight is 168 g/mol. The molecule has 0 aliphatic rings. The van der Waals surface area contributed by atoms with Gasteiger partial charge in [-0.2, -0.15) is 0 Å². The zero-order chi connectivity index (χ0) is 8.97. The van der Waals surface area contributed by atoms with Gasteiger partial charge in [0.05, 0.1) is 6.20 Å². The molecule has 1 N–H and O–H groups in total. The number of pyridine rings is 1. The Morgan fingerprint density at radius 3 is 3.00 bits per heavy atom. The van der Waals surface area contributed by atoms with E-state index >= 15 is 0 Å². The van der Waals surface area contributed by atoms with E-state index in [1.807, 2.05) is 13.8 Å². The van der Waals surface area contributed by atoms with Crippen LogP contribution in [0.2, 0.25) is 0 Å². The summed E-state index contributed by atoms with van der Waals surface area (Å²) in [6, 6.07) is 1.75. The Balaban J connectivity index is 2.79. The average Bonchev–Trinajstić information content (AvgIpc) is 2.05. The first kappa shape index (κ1) is 9.13. The lowest BCUT2D eigenvalue weighted by Gasteiger charge is -2.12. The Kier molecular flexibility index (Phi) is 3.17. The van der Waals surface area contributed by atoms with Crippen molar-refractivity contribution in [3.8, 4) is 0 Å². The van der Waals surface area contributed by atoms with E-state index in [2.05, 4.69) is 10.3 Å². The van der Waals surface area contributed by atoms with Gasteiger partial charge >= 0.3 is 0 Å². The fourth-order valence-electron chi connectivity index (χ4n) is 1.15. The highest BCUT2D eigenvalue weighted by Gasteiger charge is 2.07. The van der Waals surface area contributed by atoms with E-state index in [0.29, 0.717) is 5.56 Å². The number of aromatic nitrogens is 1. The van der Waals surface area contributed by atoms with Crippen molar-refractivity contribution in [2.24, 2.45) is 0 Å². The molecule has 1 rings (SSSR count). The van der Waals surface area contributed by atoms with Crippen molar-refractivity contribution in [2.75, 3.05) is 6.54 Å². The third-order valence-electron chi connectivity index (χ3n) is 1.78. The summed E-state index contributed by atoms with van der Waals surface area (Å²) in [6.07, 6.45) is 2.84. The van der Waals surface area contributed by atoms with Crippen LogP contribution < -0.4 is 5.32 Å². The first-order valence-corrected chi connectivity index (χ1v) is 4.08. The fourth-order valence-corrected chi connectivity index (χ4v) is 1.15. The summed E-state index contributed by atoms with van der Waals surface area (Å²) in [6.45, 7) is 4.76. The molecule has 1 unspecified atom stereocenters. The Hall–Kier alpha value is -0.960. The van der Waals surface area contributed by atoms with E-state index in [-0.39, 0.29) is 11.9 Å². The molecule has 0 aromatic carbocycles. The highest BCUT2D eigenvalue weighted by molar-refractivity contribution is 5.16. The van der Waals surface area contributed by atoms with Crippen molar-refractivity contribution in [3.63, 3.8) is 0 Å². The number of hydrogen-bond acceptors (Lipinski definition) is 2. The Morgan fingerprint density at radius 1 is 1.67 bits per heavy atom. The zero-order valence-corrected chi connectivity index (χ0v) is 7.34. The van der Waals surface area contributed by atoms with Crippen LogP contribution in [-0.2, 0) is 0 Å². The molecule has 0 fully saturated rings. The summed E-state index contributed by atoms with van der Waals surface area (Å²) >= 11 is 0. The highest BCUT2D eigenvalue weighted by Crippen LogP contribution is 2.14. The van der Waals surface area contributed by atoms with Crippen molar-refractivity contribution in [2.45, 2.75) is 19.9 Å². The van der Waals surface area contributed by atoms with Crippen LogP contribution in [0.25, 0.3) is 0 Å². The van der Waals surface area contributed by atoms with Gasteiger partial charge < -0.3 is 5.32 Å². The van der Waals surface area contributed by atoms with Gasteiger partial charge in [-0.3, -0.25) is 4.98 Å². The molecule has 1 aromatic rings. The van der Waals surface area contributed by atoms with Gasteiger partial charge in [-0.15, -0.1) is 0 Å². The maximum absolute atomic E-state index is 13.1.